The summed E-state index contributed by atoms with van der Waals surface area (Å²) in [6.07, 6.45) is 9.41. The van der Waals surface area contributed by atoms with Crippen molar-refractivity contribution in [2.45, 2.75) is 45.1 Å². The maximum absolute atomic E-state index is 9.29. The topological polar surface area (TPSA) is 32.3 Å². The van der Waals surface area contributed by atoms with Crippen LogP contribution in [0.5, 0.6) is 5.75 Å². The van der Waals surface area contributed by atoms with E-state index in [1.165, 1.54) is 47.2 Å². The summed E-state index contributed by atoms with van der Waals surface area (Å²) in [4.78, 5) is 0. The Morgan fingerprint density at radius 2 is 1.61 bits per heavy atom. The first kappa shape index (κ1) is 19.7. The first-order valence-electron chi connectivity index (χ1n) is 11.2. The van der Waals surface area contributed by atoms with Gasteiger partial charge in [-0.3, -0.25) is 0 Å². The van der Waals surface area contributed by atoms with Gasteiger partial charge in [-0.15, -0.1) is 0 Å². The van der Waals surface area contributed by atoms with Crippen molar-refractivity contribution in [1.82, 2.24) is 0 Å². The minimum absolute atomic E-state index is 0.0270. The first-order valence-corrected chi connectivity index (χ1v) is 11.2. The lowest BCUT2D eigenvalue weighted by molar-refractivity contribution is 0.475. The monoisotopic (exact) mass is 407 g/mol. The molecule has 0 radical (unpaired) electrons. The molecule has 2 N–H and O–H groups in total. The average molecular weight is 408 g/mol. The molecule has 0 unspecified atom stereocenters. The third kappa shape index (κ3) is 3.90. The largest absolute Gasteiger partial charge is 0.508 e. The maximum atomic E-state index is 9.29. The fraction of sp³-hybridized carbons (Fsp3) is 0.241. The Labute approximate surface area is 184 Å². The van der Waals surface area contributed by atoms with Crippen molar-refractivity contribution in [3.63, 3.8) is 0 Å². The molecule has 1 heterocycles. The highest BCUT2D eigenvalue weighted by atomic mass is 16.3. The molecular formula is C29H29NO. The van der Waals surface area contributed by atoms with Gasteiger partial charge in [0.05, 0.1) is 5.54 Å². The number of aryl methyl sites for hydroxylation is 2. The van der Waals surface area contributed by atoms with Crippen LogP contribution < -0.4 is 5.32 Å². The second-order valence-corrected chi connectivity index (χ2v) is 9.24. The number of hydrogen-bond acceptors (Lipinski definition) is 2. The minimum atomic E-state index is -0.0270. The fourth-order valence-electron chi connectivity index (χ4n) is 4.83. The molecule has 2 aliphatic rings. The average Bonchev–Trinajstić information content (AvgIpc) is 2.78. The molecule has 156 valence electrons. The fourth-order valence-corrected chi connectivity index (χ4v) is 4.83. The Morgan fingerprint density at radius 1 is 0.806 bits per heavy atom. The summed E-state index contributed by atoms with van der Waals surface area (Å²) in [6, 6.07) is 23.3. The maximum Gasteiger partial charge on any atom is 0.117 e. The Hall–Kier alpha value is -3.26. The van der Waals surface area contributed by atoms with Crippen molar-refractivity contribution in [3.8, 4) is 5.75 Å². The smallest absolute Gasteiger partial charge is 0.117 e. The van der Waals surface area contributed by atoms with Gasteiger partial charge in [-0.25, -0.2) is 0 Å². The molecule has 0 saturated carbocycles. The molecular weight excluding hydrogens is 378 g/mol. The predicted molar refractivity (Wildman–Crippen MR) is 133 cm³/mol. The van der Waals surface area contributed by atoms with Crippen LogP contribution in [0.2, 0.25) is 0 Å². The van der Waals surface area contributed by atoms with E-state index in [9.17, 15) is 5.11 Å². The molecule has 0 bridgehead atoms. The van der Waals surface area contributed by atoms with Gasteiger partial charge in [0, 0.05) is 11.8 Å². The Morgan fingerprint density at radius 3 is 2.52 bits per heavy atom. The summed E-state index contributed by atoms with van der Waals surface area (Å²) in [5.41, 5.74) is 5.26. The van der Waals surface area contributed by atoms with E-state index in [1.807, 2.05) is 6.07 Å². The van der Waals surface area contributed by atoms with Gasteiger partial charge < -0.3 is 10.4 Å². The molecule has 6 rings (SSSR count). The van der Waals surface area contributed by atoms with Gasteiger partial charge in [0.15, 0.2) is 0 Å². The molecule has 2 heteroatoms. The molecule has 0 spiro atoms. The number of aromatic hydroxyl groups is 1. The van der Waals surface area contributed by atoms with Crippen LogP contribution in [0.1, 0.15) is 43.4 Å². The van der Waals surface area contributed by atoms with Gasteiger partial charge in [0.2, 0.25) is 0 Å². The molecule has 1 aliphatic carbocycles. The third-order valence-corrected chi connectivity index (χ3v) is 6.43. The summed E-state index contributed by atoms with van der Waals surface area (Å²) in [6.45, 7) is 4.19. The number of hydrogen-bond donors (Lipinski definition) is 2. The number of anilines is 1. The zero-order valence-corrected chi connectivity index (χ0v) is 18.3. The van der Waals surface area contributed by atoms with E-state index in [2.05, 4.69) is 79.8 Å². The van der Waals surface area contributed by atoms with Gasteiger partial charge >= 0.3 is 0 Å². The summed E-state index contributed by atoms with van der Waals surface area (Å²) >= 11 is 0. The van der Waals surface area contributed by atoms with Gasteiger partial charge in [0.1, 0.15) is 5.75 Å². The summed E-state index contributed by atoms with van der Waals surface area (Å²) in [5, 5.41) is 18.3. The van der Waals surface area contributed by atoms with Crippen LogP contribution in [0.3, 0.4) is 0 Å². The van der Waals surface area contributed by atoms with Crippen molar-refractivity contribution in [2.24, 2.45) is 0 Å². The normalized spacial score (nSPS) is 16.1. The molecule has 0 amide bonds. The SMILES string of the molecule is CC1(C)C=Cc2ccc(O)cc2N1.c1ccc2c(c1)ccc1c3c(ccc12)CCCC3. The van der Waals surface area contributed by atoms with E-state index in [-0.39, 0.29) is 5.54 Å². The van der Waals surface area contributed by atoms with Crippen molar-refractivity contribution in [3.05, 3.63) is 89.5 Å². The van der Waals surface area contributed by atoms with E-state index in [0.717, 1.165) is 11.3 Å². The van der Waals surface area contributed by atoms with E-state index < -0.39 is 0 Å². The summed E-state index contributed by atoms with van der Waals surface area (Å²) in [5.74, 6) is 0.303. The van der Waals surface area contributed by atoms with Gasteiger partial charge in [-0.1, -0.05) is 60.7 Å². The molecule has 0 atom stereocenters. The van der Waals surface area contributed by atoms with Crippen LogP contribution in [0.25, 0.3) is 27.6 Å². The lowest BCUT2D eigenvalue weighted by Crippen LogP contribution is -2.30. The second kappa shape index (κ2) is 7.77. The van der Waals surface area contributed by atoms with Crippen LogP contribution in [0, 0.1) is 0 Å². The standard InChI is InChI=1S/C18H16.C11H13NO/c1-3-7-15-13(5-1)9-11-18-16-8-4-2-6-14(16)10-12-17(15)18;1-11(2)6-5-8-3-4-9(13)7-10(8)12-11/h1,3,5,7,9-12H,2,4,6,8H2;3-7,12-13H,1-2H3. The van der Waals surface area contributed by atoms with Crippen molar-refractivity contribution >= 4 is 33.3 Å². The zero-order chi connectivity index (χ0) is 21.4. The Bertz CT molecular complexity index is 1300. The molecule has 31 heavy (non-hydrogen) atoms. The number of phenols is 1. The lowest BCUT2D eigenvalue weighted by Gasteiger charge is -2.28. The predicted octanol–water partition coefficient (Wildman–Crippen LogP) is 7.48. The molecule has 0 aromatic heterocycles. The number of rotatable bonds is 0. The van der Waals surface area contributed by atoms with Crippen LogP contribution in [0.4, 0.5) is 5.69 Å². The van der Waals surface area contributed by atoms with E-state index in [4.69, 9.17) is 0 Å². The second-order valence-electron chi connectivity index (χ2n) is 9.24. The number of nitrogens with one attached hydrogen (secondary N) is 1. The van der Waals surface area contributed by atoms with E-state index in [1.54, 1.807) is 23.3 Å². The van der Waals surface area contributed by atoms with Crippen LogP contribution in [0.15, 0.2) is 72.8 Å². The van der Waals surface area contributed by atoms with Crippen LogP contribution in [-0.4, -0.2) is 10.6 Å². The van der Waals surface area contributed by atoms with Crippen molar-refractivity contribution in [1.29, 1.82) is 0 Å². The Kier molecular flexibility index (Phi) is 4.94. The summed E-state index contributed by atoms with van der Waals surface area (Å²) < 4.78 is 0. The molecule has 4 aromatic rings. The lowest BCUT2D eigenvalue weighted by atomic mass is 9.86. The third-order valence-electron chi connectivity index (χ3n) is 6.43. The molecule has 4 aromatic carbocycles. The minimum Gasteiger partial charge on any atom is -0.508 e. The molecule has 0 fully saturated rings. The highest BCUT2D eigenvalue weighted by molar-refractivity contribution is 6.08. The van der Waals surface area contributed by atoms with Crippen molar-refractivity contribution in [2.75, 3.05) is 5.32 Å². The van der Waals surface area contributed by atoms with Gasteiger partial charge in [0.25, 0.3) is 0 Å². The first-order chi connectivity index (χ1) is 15.0. The highest BCUT2D eigenvalue weighted by Gasteiger charge is 2.18. The number of benzene rings is 4. The Balaban J connectivity index is 0.000000140. The van der Waals surface area contributed by atoms with Crippen molar-refractivity contribution < 1.29 is 5.11 Å². The van der Waals surface area contributed by atoms with Gasteiger partial charge in [-0.05, 0) is 89.9 Å². The van der Waals surface area contributed by atoms with E-state index >= 15 is 0 Å². The van der Waals surface area contributed by atoms with E-state index in [0.29, 0.717) is 5.75 Å². The molecule has 1 aliphatic heterocycles. The zero-order valence-electron chi connectivity index (χ0n) is 18.3. The summed E-state index contributed by atoms with van der Waals surface area (Å²) in [7, 11) is 0. The van der Waals surface area contributed by atoms with Gasteiger partial charge in [-0.2, -0.15) is 0 Å². The molecule has 0 saturated heterocycles. The molecule has 2 nitrogen and oxygen atoms in total. The van der Waals surface area contributed by atoms with Crippen LogP contribution in [-0.2, 0) is 12.8 Å². The number of fused-ring (bicyclic) bond motifs is 6. The number of phenolic OH excluding ortho intramolecular Hbond substituents is 1. The highest BCUT2D eigenvalue weighted by Crippen LogP contribution is 2.33. The van der Waals surface area contributed by atoms with Crippen LogP contribution >= 0.6 is 0 Å². The quantitative estimate of drug-likeness (QED) is 0.296.